The topological polar surface area (TPSA) is 78.8 Å². The molecule has 0 aromatic carbocycles. The van der Waals surface area contributed by atoms with Gasteiger partial charge < -0.3 is 14.0 Å². The van der Waals surface area contributed by atoms with Gasteiger partial charge in [-0.25, -0.2) is 0 Å². The third-order valence-corrected chi connectivity index (χ3v) is 4.67. The van der Waals surface area contributed by atoms with Crippen molar-refractivity contribution in [3.63, 3.8) is 0 Å². The average molecular weight is 318 g/mol. The maximum Gasteiger partial charge on any atom is 0.245 e. The number of aliphatic hydroxyl groups excluding tert-OH is 1. The Labute approximate surface area is 134 Å². The number of aliphatic hydroxyl groups is 1. The van der Waals surface area contributed by atoms with Gasteiger partial charge in [0.2, 0.25) is 5.89 Å². The molecule has 1 aliphatic heterocycles. The molecule has 0 amide bonds. The zero-order chi connectivity index (χ0) is 15.8. The SMILES string of the molecule is CN1CCN(Cc2ccc(CO)o2)C[C@H]1c1nc(C2CC2)no1. The summed E-state index contributed by atoms with van der Waals surface area (Å²) in [5.74, 6) is 3.58. The first-order chi connectivity index (χ1) is 11.2. The summed E-state index contributed by atoms with van der Waals surface area (Å²) < 4.78 is 11.1. The van der Waals surface area contributed by atoms with E-state index in [1.165, 1.54) is 12.8 Å². The van der Waals surface area contributed by atoms with Gasteiger partial charge >= 0.3 is 0 Å². The summed E-state index contributed by atoms with van der Waals surface area (Å²) in [5.41, 5.74) is 0. The molecule has 2 aromatic rings. The van der Waals surface area contributed by atoms with Crippen LogP contribution in [0.15, 0.2) is 21.1 Å². The highest BCUT2D eigenvalue weighted by Crippen LogP contribution is 2.38. The molecule has 124 valence electrons. The number of piperazine rings is 1. The van der Waals surface area contributed by atoms with Crippen molar-refractivity contribution in [2.75, 3.05) is 26.7 Å². The van der Waals surface area contributed by atoms with Crippen molar-refractivity contribution >= 4 is 0 Å². The predicted octanol–water partition coefficient (Wildman–Crippen LogP) is 1.52. The zero-order valence-electron chi connectivity index (χ0n) is 13.3. The summed E-state index contributed by atoms with van der Waals surface area (Å²) in [6.07, 6.45) is 2.36. The summed E-state index contributed by atoms with van der Waals surface area (Å²) in [6, 6.07) is 3.87. The average Bonchev–Trinajstić information content (AvgIpc) is 3.12. The Hall–Kier alpha value is -1.70. The minimum Gasteiger partial charge on any atom is -0.462 e. The van der Waals surface area contributed by atoms with Gasteiger partial charge in [0.05, 0.1) is 6.54 Å². The van der Waals surface area contributed by atoms with E-state index in [1.807, 2.05) is 12.1 Å². The molecule has 2 fully saturated rings. The number of likely N-dealkylation sites (N-methyl/N-ethyl adjacent to an activating group) is 1. The van der Waals surface area contributed by atoms with Gasteiger partial charge in [0.15, 0.2) is 5.82 Å². The van der Waals surface area contributed by atoms with Crippen LogP contribution in [0.4, 0.5) is 0 Å². The summed E-state index contributed by atoms with van der Waals surface area (Å²) in [7, 11) is 2.10. The lowest BCUT2D eigenvalue weighted by molar-refractivity contribution is 0.0668. The Morgan fingerprint density at radius 2 is 2.09 bits per heavy atom. The molecule has 1 N–H and O–H groups in total. The van der Waals surface area contributed by atoms with Gasteiger partial charge in [-0.1, -0.05) is 5.16 Å². The molecule has 2 aromatic heterocycles. The van der Waals surface area contributed by atoms with Crippen LogP contribution in [-0.2, 0) is 13.2 Å². The molecular formula is C16H22N4O3. The monoisotopic (exact) mass is 318 g/mol. The van der Waals surface area contributed by atoms with E-state index in [9.17, 15) is 0 Å². The highest BCUT2D eigenvalue weighted by atomic mass is 16.5. The molecule has 1 aliphatic carbocycles. The minimum absolute atomic E-state index is 0.0582. The second-order valence-corrected chi connectivity index (χ2v) is 6.52. The second-order valence-electron chi connectivity index (χ2n) is 6.52. The smallest absolute Gasteiger partial charge is 0.245 e. The number of aromatic nitrogens is 2. The maximum atomic E-state index is 9.09. The summed E-state index contributed by atoms with van der Waals surface area (Å²) in [6.45, 7) is 3.41. The van der Waals surface area contributed by atoms with Crippen LogP contribution < -0.4 is 0 Å². The molecule has 1 saturated heterocycles. The van der Waals surface area contributed by atoms with Crippen molar-refractivity contribution in [1.82, 2.24) is 19.9 Å². The van der Waals surface area contributed by atoms with E-state index < -0.39 is 0 Å². The zero-order valence-corrected chi connectivity index (χ0v) is 13.3. The number of nitrogens with zero attached hydrogens (tertiary/aromatic N) is 4. The molecular weight excluding hydrogens is 296 g/mol. The third-order valence-electron chi connectivity index (χ3n) is 4.67. The Bertz CT molecular complexity index is 664. The largest absolute Gasteiger partial charge is 0.462 e. The molecule has 1 atom stereocenters. The van der Waals surface area contributed by atoms with Gasteiger partial charge in [-0.15, -0.1) is 0 Å². The number of rotatable bonds is 5. The van der Waals surface area contributed by atoms with Crippen molar-refractivity contribution in [3.8, 4) is 0 Å². The molecule has 2 aliphatic rings. The highest BCUT2D eigenvalue weighted by Gasteiger charge is 2.33. The third kappa shape index (κ3) is 3.17. The Kier molecular flexibility index (Phi) is 3.92. The predicted molar refractivity (Wildman–Crippen MR) is 81.6 cm³/mol. The molecule has 0 unspecified atom stereocenters. The van der Waals surface area contributed by atoms with E-state index in [0.29, 0.717) is 11.7 Å². The number of hydrogen-bond donors (Lipinski definition) is 1. The molecule has 0 bridgehead atoms. The van der Waals surface area contributed by atoms with Gasteiger partial charge in [0.25, 0.3) is 0 Å². The highest BCUT2D eigenvalue weighted by molar-refractivity contribution is 5.08. The van der Waals surface area contributed by atoms with Gasteiger partial charge in [0.1, 0.15) is 24.2 Å². The molecule has 23 heavy (non-hydrogen) atoms. The van der Waals surface area contributed by atoms with Crippen molar-refractivity contribution in [2.45, 2.75) is 38.0 Å². The van der Waals surface area contributed by atoms with Crippen LogP contribution in [0.2, 0.25) is 0 Å². The Morgan fingerprint density at radius 3 is 2.83 bits per heavy atom. The summed E-state index contributed by atoms with van der Waals surface area (Å²) >= 11 is 0. The molecule has 0 radical (unpaired) electrons. The summed E-state index contributed by atoms with van der Waals surface area (Å²) in [5, 5.41) is 13.2. The fraction of sp³-hybridized carbons (Fsp3) is 0.625. The van der Waals surface area contributed by atoms with Crippen LogP contribution in [0.25, 0.3) is 0 Å². The number of hydrogen-bond acceptors (Lipinski definition) is 7. The van der Waals surface area contributed by atoms with Gasteiger partial charge in [-0.3, -0.25) is 9.80 Å². The molecule has 1 saturated carbocycles. The first kappa shape index (κ1) is 14.9. The van der Waals surface area contributed by atoms with E-state index in [0.717, 1.165) is 43.7 Å². The minimum atomic E-state index is -0.0582. The second kappa shape index (κ2) is 6.07. The fourth-order valence-corrected chi connectivity index (χ4v) is 3.04. The molecule has 7 heteroatoms. The lowest BCUT2D eigenvalue weighted by Gasteiger charge is -2.37. The maximum absolute atomic E-state index is 9.09. The van der Waals surface area contributed by atoms with E-state index in [-0.39, 0.29) is 12.6 Å². The van der Waals surface area contributed by atoms with E-state index in [4.69, 9.17) is 14.0 Å². The Balaban J connectivity index is 1.44. The van der Waals surface area contributed by atoms with Crippen LogP contribution in [-0.4, -0.2) is 51.7 Å². The van der Waals surface area contributed by atoms with Crippen LogP contribution in [0.1, 0.15) is 48.0 Å². The fourth-order valence-electron chi connectivity index (χ4n) is 3.04. The van der Waals surface area contributed by atoms with Gasteiger partial charge in [-0.2, -0.15) is 4.98 Å². The van der Waals surface area contributed by atoms with Crippen LogP contribution in [0.5, 0.6) is 0 Å². The molecule has 3 heterocycles. The van der Waals surface area contributed by atoms with Crippen LogP contribution in [0, 0.1) is 0 Å². The van der Waals surface area contributed by atoms with E-state index >= 15 is 0 Å². The van der Waals surface area contributed by atoms with Crippen molar-refractivity contribution in [1.29, 1.82) is 0 Å². The first-order valence-electron chi connectivity index (χ1n) is 8.17. The molecule has 4 rings (SSSR count). The first-order valence-corrected chi connectivity index (χ1v) is 8.17. The molecule has 0 spiro atoms. The van der Waals surface area contributed by atoms with Crippen molar-refractivity contribution in [3.05, 3.63) is 35.4 Å². The van der Waals surface area contributed by atoms with Gasteiger partial charge in [-0.05, 0) is 32.0 Å². The van der Waals surface area contributed by atoms with E-state index in [1.54, 1.807) is 0 Å². The standard InChI is InChI=1S/C16H22N4O3/c1-19-6-7-20(8-12-4-5-13(10-21)22-12)9-14(19)16-17-15(18-23-16)11-2-3-11/h4-5,11,14,21H,2-3,6-10H2,1H3/t14-/m0/s1. The lowest BCUT2D eigenvalue weighted by atomic mass is 10.1. The van der Waals surface area contributed by atoms with Crippen molar-refractivity contribution < 1.29 is 14.0 Å². The summed E-state index contributed by atoms with van der Waals surface area (Å²) in [4.78, 5) is 9.19. The number of furan rings is 1. The van der Waals surface area contributed by atoms with Crippen LogP contribution in [0.3, 0.4) is 0 Å². The van der Waals surface area contributed by atoms with Gasteiger partial charge in [0, 0.05) is 25.6 Å². The Morgan fingerprint density at radius 1 is 1.26 bits per heavy atom. The van der Waals surface area contributed by atoms with Crippen molar-refractivity contribution in [2.24, 2.45) is 0 Å². The lowest BCUT2D eigenvalue weighted by Crippen LogP contribution is -2.46. The van der Waals surface area contributed by atoms with E-state index in [2.05, 4.69) is 27.0 Å². The van der Waals surface area contributed by atoms with Crippen LogP contribution >= 0.6 is 0 Å². The quantitative estimate of drug-likeness (QED) is 0.895. The molecule has 7 nitrogen and oxygen atoms in total. The normalized spacial score (nSPS) is 23.5.